The fourth-order valence-electron chi connectivity index (χ4n) is 2.81. The molecule has 1 aromatic heterocycles. The van der Waals surface area contributed by atoms with Crippen LogP contribution in [0.2, 0.25) is 0 Å². The van der Waals surface area contributed by atoms with Gasteiger partial charge in [-0.1, -0.05) is 18.2 Å². The average Bonchev–Trinajstić information content (AvgIpc) is 2.96. The summed E-state index contributed by atoms with van der Waals surface area (Å²) in [5.74, 6) is 0.914. The van der Waals surface area contributed by atoms with Gasteiger partial charge in [-0.3, -0.25) is 5.10 Å². The number of nitrogens with two attached hydrogens (primary N) is 1. The lowest BCUT2D eigenvalue weighted by molar-refractivity contribution is 0.326. The molecule has 0 saturated carbocycles. The third kappa shape index (κ3) is 2.05. The van der Waals surface area contributed by atoms with Crippen LogP contribution in [0.15, 0.2) is 48.8 Å². The van der Waals surface area contributed by atoms with Gasteiger partial charge >= 0.3 is 0 Å². The molecule has 2 aromatic carbocycles. The van der Waals surface area contributed by atoms with E-state index in [1.165, 1.54) is 11.1 Å². The lowest BCUT2D eigenvalue weighted by Crippen LogP contribution is -1.99. The van der Waals surface area contributed by atoms with Crippen LogP contribution >= 0.6 is 0 Å². The number of hydrogen-bond acceptors (Lipinski definition) is 3. The quantitative estimate of drug-likeness (QED) is 0.671. The van der Waals surface area contributed by atoms with Gasteiger partial charge in [-0.15, -0.1) is 0 Å². The van der Waals surface area contributed by atoms with Crippen molar-refractivity contribution in [3.05, 3.63) is 54.4 Å². The van der Waals surface area contributed by atoms with Gasteiger partial charge in [-0.2, -0.15) is 5.10 Å². The number of H-pyrrole nitrogens is 1. The highest BCUT2D eigenvalue weighted by Crippen LogP contribution is 2.38. The van der Waals surface area contributed by atoms with Crippen LogP contribution in [0.25, 0.3) is 22.3 Å². The van der Waals surface area contributed by atoms with Crippen LogP contribution in [0.1, 0.15) is 5.56 Å². The first-order valence-electron chi connectivity index (χ1n) is 6.96. The van der Waals surface area contributed by atoms with Crippen molar-refractivity contribution in [2.75, 3.05) is 12.3 Å². The topological polar surface area (TPSA) is 63.9 Å². The molecule has 3 aromatic rings. The molecule has 0 radical (unpaired) electrons. The van der Waals surface area contributed by atoms with E-state index in [4.69, 9.17) is 10.5 Å². The van der Waals surface area contributed by atoms with E-state index in [1.807, 2.05) is 24.5 Å². The van der Waals surface area contributed by atoms with Crippen LogP contribution in [0.5, 0.6) is 5.75 Å². The maximum Gasteiger partial charge on any atom is 0.127 e. The first-order valence-corrected chi connectivity index (χ1v) is 6.96. The number of hydrogen-bond donors (Lipinski definition) is 2. The smallest absolute Gasteiger partial charge is 0.127 e. The Morgan fingerprint density at radius 2 is 1.95 bits per heavy atom. The number of rotatable bonds is 1. The van der Waals surface area contributed by atoms with E-state index in [0.717, 1.165) is 34.5 Å². The average molecular weight is 277 g/mol. The maximum absolute atomic E-state index is 5.94. The van der Waals surface area contributed by atoms with Gasteiger partial charge in [0.15, 0.2) is 0 Å². The van der Waals surface area contributed by atoms with Gasteiger partial charge in [0.25, 0.3) is 0 Å². The standard InChI is InChI=1S/C17H15N3O/c18-14-2-4-15-12(7-14)5-6-21-17-8-11(1-3-16(15)17)13-9-19-20-10-13/h1-4,7-10H,5-6,18H2,(H,19,20). The third-order valence-electron chi connectivity index (χ3n) is 3.86. The Hall–Kier alpha value is -2.75. The molecule has 0 saturated heterocycles. The predicted molar refractivity (Wildman–Crippen MR) is 83.1 cm³/mol. The molecular weight excluding hydrogens is 262 g/mol. The van der Waals surface area contributed by atoms with Gasteiger partial charge in [0.05, 0.1) is 12.8 Å². The molecule has 2 heterocycles. The summed E-state index contributed by atoms with van der Waals surface area (Å²) in [5, 5.41) is 6.83. The minimum atomic E-state index is 0.665. The Labute approximate surface area is 122 Å². The lowest BCUT2D eigenvalue weighted by Gasteiger charge is -2.10. The molecule has 1 aliphatic heterocycles. The molecule has 0 amide bonds. The zero-order chi connectivity index (χ0) is 14.2. The van der Waals surface area contributed by atoms with Crippen molar-refractivity contribution in [1.82, 2.24) is 10.2 Å². The van der Waals surface area contributed by atoms with Gasteiger partial charge in [-0.25, -0.2) is 0 Å². The minimum Gasteiger partial charge on any atom is -0.493 e. The normalized spacial score (nSPS) is 13.0. The van der Waals surface area contributed by atoms with E-state index >= 15 is 0 Å². The molecule has 21 heavy (non-hydrogen) atoms. The van der Waals surface area contributed by atoms with Crippen molar-refractivity contribution in [1.29, 1.82) is 0 Å². The molecule has 4 rings (SSSR count). The van der Waals surface area contributed by atoms with E-state index in [-0.39, 0.29) is 0 Å². The van der Waals surface area contributed by atoms with Crippen molar-refractivity contribution < 1.29 is 4.74 Å². The Balaban J connectivity index is 1.87. The molecule has 3 N–H and O–H groups in total. The molecule has 0 atom stereocenters. The summed E-state index contributed by atoms with van der Waals surface area (Å²) in [4.78, 5) is 0. The van der Waals surface area contributed by atoms with E-state index in [0.29, 0.717) is 6.61 Å². The number of ether oxygens (including phenoxy) is 1. The highest BCUT2D eigenvalue weighted by molar-refractivity contribution is 5.79. The van der Waals surface area contributed by atoms with Crippen LogP contribution in [0.3, 0.4) is 0 Å². The Kier molecular flexibility index (Phi) is 2.67. The second-order valence-electron chi connectivity index (χ2n) is 5.21. The number of nitrogens with zero attached hydrogens (tertiary/aromatic N) is 1. The zero-order valence-electron chi connectivity index (χ0n) is 11.5. The molecule has 4 heteroatoms. The number of aromatic nitrogens is 2. The van der Waals surface area contributed by atoms with E-state index in [1.54, 1.807) is 0 Å². The van der Waals surface area contributed by atoms with Gasteiger partial charge < -0.3 is 10.5 Å². The van der Waals surface area contributed by atoms with E-state index < -0.39 is 0 Å². The van der Waals surface area contributed by atoms with Crippen molar-refractivity contribution in [2.45, 2.75) is 6.42 Å². The molecular formula is C17H15N3O. The van der Waals surface area contributed by atoms with Crippen LogP contribution in [-0.4, -0.2) is 16.8 Å². The summed E-state index contributed by atoms with van der Waals surface area (Å²) < 4.78 is 5.94. The summed E-state index contributed by atoms with van der Waals surface area (Å²) in [5.41, 5.74) is 12.4. The van der Waals surface area contributed by atoms with Crippen molar-refractivity contribution in [3.63, 3.8) is 0 Å². The van der Waals surface area contributed by atoms with Gasteiger partial charge in [0.1, 0.15) is 5.75 Å². The second-order valence-corrected chi connectivity index (χ2v) is 5.21. The van der Waals surface area contributed by atoms with Crippen LogP contribution in [0, 0.1) is 0 Å². The van der Waals surface area contributed by atoms with Crippen molar-refractivity contribution in [3.8, 4) is 28.0 Å². The summed E-state index contributed by atoms with van der Waals surface area (Å²) in [6.45, 7) is 0.665. The van der Waals surface area contributed by atoms with E-state index in [2.05, 4.69) is 34.5 Å². The maximum atomic E-state index is 5.94. The first-order chi connectivity index (χ1) is 10.3. The number of fused-ring (bicyclic) bond motifs is 3. The Morgan fingerprint density at radius 1 is 1.05 bits per heavy atom. The lowest BCUT2D eigenvalue weighted by atomic mass is 9.96. The minimum absolute atomic E-state index is 0.665. The van der Waals surface area contributed by atoms with Gasteiger partial charge in [0, 0.05) is 29.4 Å². The molecule has 0 spiro atoms. The summed E-state index contributed by atoms with van der Waals surface area (Å²) in [6.07, 6.45) is 4.57. The molecule has 104 valence electrons. The fourth-order valence-corrected chi connectivity index (χ4v) is 2.81. The zero-order valence-corrected chi connectivity index (χ0v) is 11.5. The fraction of sp³-hybridized carbons (Fsp3) is 0.118. The molecule has 0 bridgehead atoms. The predicted octanol–water partition coefficient (Wildman–Crippen LogP) is 3.26. The Morgan fingerprint density at radius 3 is 2.81 bits per heavy atom. The molecule has 0 unspecified atom stereocenters. The molecule has 4 nitrogen and oxygen atoms in total. The van der Waals surface area contributed by atoms with E-state index in [9.17, 15) is 0 Å². The summed E-state index contributed by atoms with van der Waals surface area (Å²) in [6, 6.07) is 12.3. The van der Waals surface area contributed by atoms with Crippen molar-refractivity contribution >= 4 is 5.69 Å². The van der Waals surface area contributed by atoms with Crippen LogP contribution in [-0.2, 0) is 6.42 Å². The third-order valence-corrected chi connectivity index (χ3v) is 3.86. The number of nitrogens with one attached hydrogen (secondary N) is 1. The number of benzene rings is 2. The highest BCUT2D eigenvalue weighted by Gasteiger charge is 2.16. The number of anilines is 1. The highest BCUT2D eigenvalue weighted by atomic mass is 16.5. The van der Waals surface area contributed by atoms with Gasteiger partial charge in [-0.05, 0) is 34.9 Å². The van der Waals surface area contributed by atoms with Crippen LogP contribution < -0.4 is 10.5 Å². The first kappa shape index (κ1) is 12.0. The summed E-state index contributed by atoms with van der Waals surface area (Å²) >= 11 is 0. The van der Waals surface area contributed by atoms with Crippen molar-refractivity contribution in [2.24, 2.45) is 0 Å². The molecule has 1 aliphatic rings. The monoisotopic (exact) mass is 277 g/mol. The van der Waals surface area contributed by atoms with Gasteiger partial charge in [0.2, 0.25) is 0 Å². The SMILES string of the molecule is Nc1ccc2c(c1)CCOc1cc(-c3cn[nH]c3)ccc1-2. The summed E-state index contributed by atoms with van der Waals surface area (Å²) in [7, 11) is 0. The largest absolute Gasteiger partial charge is 0.493 e. The number of aromatic amines is 1. The number of nitrogen functional groups attached to an aromatic ring is 1. The van der Waals surface area contributed by atoms with Crippen LogP contribution in [0.4, 0.5) is 5.69 Å². The Bertz CT molecular complexity index is 794. The second kappa shape index (κ2) is 4.66. The molecule has 0 fully saturated rings. The molecule has 0 aliphatic carbocycles.